The lowest BCUT2D eigenvalue weighted by molar-refractivity contribution is 0.139. The van der Waals surface area contributed by atoms with Crippen LogP contribution in [0.3, 0.4) is 0 Å². The Balaban J connectivity index is 2.21. The zero-order chi connectivity index (χ0) is 12.6. The number of likely N-dealkylation sites (N-methyl/N-ethyl adjacent to an activating group) is 1. The fourth-order valence-corrected chi connectivity index (χ4v) is 2.29. The van der Waals surface area contributed by atoms with Gasteiger partial charge < -0.3 is 10.6 Å². The van der Waals surface area contributed by atoms with Crippen LogP contribution in [0.15, 0.2) is 18.2 Å². The smallest absolute Gasteiger partial charge is 0.0388 e. The van der Waals surface area contributed by atoms with Crippen LogP contribution in [-0.4, -0.2) is 37.1 Å². The van der Waals surface area contributed by atoms with Crippen LogP contribution in [0.2, 0.25) is 0 Å². The summed E-state index contributed by atoms with van der Waals surface area (Å²) < 4.78 is 0. The van der Waals surface area contributed by atoms with Gasteiger partial charge in [0, 0.05) is 36.5 Å². The summed E-state index contributed by atoms with van der Waals surface area (Å²) in [5.74, 6) is 0. The Hall–Kier alpha value is -1.22. The number of hydrogen-bond donors (Lipinski definition) is 1. The summed E-state index contributed by atoms with van der Waals surface area (Å²) in [7, 11) is 2.20. The van der Waals surface area contributed by atoms with Crippen molar-refractivity contribution in [3.63, 3.8) is 0 Å². The third-order valence-corrected chi connectivity index (χ3v) is 3.94. The summed E-state index contributed by atoms with van der Waals surface area (Å²) in [5.41, 5.74) is 9.49. The molecule has 0 aliphatic carbocycles. The van der Waals surface area contributed by atoms with Crippen molar-refractivity contribution in [2.45, 2.75) is 26.3 Å². The van der Waals surface area contributed by atoms with E-state index in [1.54, 1.807) is 0 Å². The largest absolute Gasteiger partial charge is 0.398 e. The first-order valence-corrected chi connectivity index (χ1v) is 6.22. The molecule has 1 aromatic rings. The standard InChI is InChI=1S/C14H23N3/c1-11-5-6-12(9-13(11)15)17-8-7-16(4)14(2,3)10-17/h5-6,9H,7-8,10,15H2,1-4H3. The van der Waals surface area contributed by atoms with Crippen LogP contribution >= 0.6 is 0 Å². The van der Waals surface area contributed by atoms with Crippen LogP contribution in [0.4, 0.5) is 11.4 Å². The number of aryl methyl sites for hydroxylation is 1. The monoisotopic (exact) mass is 233 g/mol. The summed E-state index contributed by atoms with van der Waals surface area (Å²) in [4.78, 5) is 4.84. The molecule has 3 nitrogen and oxygen atoms in total. The quantitative estimate of drug-likeness (QED) is 0.754. The molecule has 1 saturated heterocycles. The molecule has 0 bridgehead atoms. The number of rotatable bonds is 1. The fraction of sp³-hybridized carbons (Fsp3) is 0.571. The van der Waals surface area contributed by atoms with E-state index in [4.69, 9.17) is 5.73 Å². The Morgan fingerprint density at radius 1 is 1.24 bits per heavy atom. The van der Waals surface area contributed by atoms with E-state index < -0.39 is 0 Å². The van der Waals surface area contributed by atoms with Gasteiger partial charge in [-0.05, 0) is 45.5 Å². The van der Waals surface area contributed by atoms with E-state index in [0.29, 0.717) is 0 Å². The molecular weight excluding hydrogens is 210 g/mol. The maximum absolute atomic E-state index is 5.99. The van der Waals surface area contributed by atoms with E-state index in [1.807, 2.05) is 6.92 Å². The van der Waals surface area contributed by atoms with Crippen molar-refractivity contribution in [2.75, 3.05) is 37.3 Å². The van der Waals surface area contributed by atoms with Gasteiger partial charge in [0.1, 0.15) is 0 Å². The highest BCUT2D eigenvalue weighted by atomic mass is 15.3. The van der Waals surface area contributed by atoms with Gasteiger partial charge >= 0.3 is 0 Å². The number of nitrogens with zero attached hydrogens (tertiary/aromatic N) is 2. The average molecular weight is 233 g/mol. The zero-order valence-electron chi connectivity index (χ0n) is 11.3. The Labute approximate surface area is 104 Å². The summed E-state index contributed by atoms with van der Waals surface area (Å²) in [6.45, 7) is 9.84. The highest BCUT2D eigenvalue weighted by Gasteiger charge is 2.31. The third-order valence-electron chi connectivity index (χ3n) is 3.94. The fourth-order valence-electron chi connectivity index (χ4n) is 2.29. The van der Waals surface area contributed by atoms with Crippen molar-refractivity contribution < 1.29 is 0 Å². The van der Waals surface area contributed by atoms with Crippen LogP contribution in [0, 0.1) is 6.92 Å². The molecule has 0 amide bonds. The second kappa shape index (κ2) is 4.22. The van der Waals surface area contributed by atoms with Gasteiger partial charge in [-0.25, -0.2) is 0 Å². The second-order valence-electron chi connectivity index (χ2n) is 5.70. The minimum absolute atomic E-state index is 0.220. The Kier molecular flexibility index (Phi) is 3.04. The number of benzene rings is 1. The molecule has 1 aromatic carbocycles. The van der Waals surface area contributed by atoms with Crippen LogP contribution < -0.4 is 10.6 Å². The molecule has 1 aliphatic rings. The predicted octanol–water partition coefficient (Wildman–Crippen LogP) is 2.11. The van der Waals surface area contributed by atoms with E-state index >= 15 is 0 Å². The van der Waals surface area contributed by atoms with Gasteiger partial charge in [-0.2, -0.15) is 0 Å². The Morgan fingerprint density at radius 2 is 1.94 bits per heavy atom. The topological polar surface area (TPSA) is 32.5 Å². The first-order chi connectivity index (χ1) is 7.90. The lowest BCUT2D eigenvalue weighted by atomic mass is 9.99. The summed E-state index contributed by atoms with van der Waals surface area (Å²) in [6.07, 6.45) is 0. The van der Waals surface area contributed by atoms with Gasteiger partial charge in [0.05, 0.1) is 0 Å². The summed E-state index contributed by atoms with van der Waals surface area (Å²) >= 11 is 0. The number of nitrogens with two attached hydrogens (primary N) is 1. The molecule has 0 spiro atoms. The minimum atomic E-state index is 0.220. The minimum Gasteiger partial charge on any atom is -0.398 e. The third kappa shape index (κ3) is 2.39. The number of piperazine rings is 1. The van der Waals surface area contributed by atoms with E-state index in [0.717, 1.165) is 30.9 Å². The summed E-state index contributed by atoms with van der Waals surface area (Å²) in [5, 5.41) is 0. The highest BCUT2D eigenvalue weighted by Crippen LogP contribution is 2.26. The van der Waals surface area contributed by atoms with Crippen molar-refractivity contribution in [3.05, 3.63) is 23.8 Å². The first-order valence-electron chi connectivity index (χ1n) is 6.22. The molecule has 0 radical (unpaired) electrons. The lowest BCUT2D eigenvalue weighted by Gasteiger charge is -2.46. The molecule has 1 fully saturated rings. The van der Waals surface area contributed by atoms with E-state index in [9.17, 15) is 0 Å². The predicted molar refractivity (Wildman–Crippen MR) is 74.5 cm³/mol. The average Bonchev–Trinajstić information content (AvgIpc) is 2.26. The highest BCUT2D eigenvalue weighted by molar-refractivity contribution is 5.60. The SMILES string of the molecule is Cc1ccc(N2CCN(C)C(C)(C)C2)cc1N. The Morgan fingerprint density at radius 3 is 2.53 bits per heavy atom. The Bertz CT molecular complexity index is 412. The molecule has 3 heteroatoms. The van der Waals surface area contributed by atoms with Gasteiger partial charge in [0.2, 0.25) is 0 Å². The number of anilines is 2. The zero-order valence-corrected chi connectivity index (χ0v) is 11.3. The summed E-state index contributed by atoms with van der Waals surface area (Å²) in [6, 6.07) is 6.37. The van der Waals surface area contributed by atoms with Gasteiger partial charge in [-0.3, -0.25) is 4.90 Å². The maximum atomic E-state index is 5.99. The van der Waals surface area contributed by atoms with Gasteiger partial charge in [-0.1, -0.05) is 6.07 Å². The molecule has 0 atom stereocenters. The molecule has 94 valence electrons. The first kappa shape index (κ1) is 12.2. The van der Waals surface area contributed by atoms with Crippen LogP contribution in [0.5, 0.6) is 0 Å². The normalized spacial score (nSPS) is 20.6. The van der Waals surface area contributed by atoms with Crippen molar-refractivity contribution in [3.8, 4) is 0 Å². The number of hydrogen-bond acceptors (Lipinski definition) is 3. The van der Waals surface area contributed by atoms with Crippen LogP contribution in [0.1, 0.15) is 19.4 Å². The molecule has 1 heterocycles. The molecular formula is C14H23N3. The van der Waals surface area contributed by atoms with Crippen molar-refractivity contribution in [2.24, 2.45) is 0 Å². The maximum Gasteiger partial charge on any atom is 0.0388 e. The van der Waals surface area contributed by atoms with Gasteiger partial charge in [0.15, 0.2) is 0 Å². The molecule has 0 aromatic heterocycles. The molecule has 2 N–H and O–H groups in total. The van der Waals surface area contributed by atoms with E-state index in [-0.39, 0.29) is 5.54 Å². The van der Waals surface area contributed by atoms with E-state index in [2.05, 4.69) is 48.9 Å². The van der Waals surface area contributed by atoms with Crippen molar-refractivity contribution in [1.29, 1.82) is 0 Å². The molecule has 2 rings (SSSR count). The lowest BCUT2D eigenvalue weighted by Crippen LogP contribution is -2.57. The molecule has 1 aliphatic heterocycles. The molecule has 17 heavy (non-hydrogen) atoms. The number of nitrogen functional groups attached to an aromatic ring is 1. The van der Waals surface area contributed by atoms with Gasteiger partial charge in [0.25, 0.3) is 0 Å². The van der Waals surface area contributed by atoms with Crippen molar-refractivity contribution >= 4 is 11.4 Å². The van der Waals surface area contributed by atoms with E-state index in [1.165, 1.54) is 5.69 Å². The second-order valence-corrected chi connectivity index (χ2v) is 5.70. The van der Waals surface area contributed by atoms with Crippen LogP contribution in [0.25, 0.3) is 0 Å². The molecule has 0 saturated carbocycles. The van der Waals surface area contributed by atoms with Crippen molar-refractivity contribution in [1.82, 2.24) is 4.90 Å². The molecule has 0 unspecified atom stereocenters. The van der Waals surface area contributed by atoms with Gasteiger partial charge in [-0.15, -0.1) is 0 Å². The van der Waals surface area contributed by atoms with Crippen LogP contribution in [-0.2, 0) is 0 Å².